The Hall–Kier alpha value is -2.46. The summed E-state index contributed by atoms with van der Waals surface area (Å²) in [5.41, 5.74) is 5.56. The number of rotatable bonds is 6. The Labute approximate surface area is 142 Å². The van der Waals surface area contributed by atoms with Crippen molar-refractivity contribution >= 4 is 0 Å². The minimum Gasteiger partial charge on any atom is -0.392 e. The van der Waals surface area contributed by atoms with Gasteiger partial charge in [0.1, 0.15) is 0 Å². The van der Waals surface area contributed by atoms with Crippen molar-refractivity contribution in [2.75, 3.05) is 0 Å². The Kier molecular flexibility index (Phi) is 5.06. The molecule has 0 unspecified atom stereocenters. The first-order valence-corrected chi connectivity index (χ1v) is 8.30. The first kappa shape index (κ1) is 16.4. The van der Waals surface area contributed by atoms with Crippen molar-refractivity contribution in [2.45, 2.75) is 39.3 Å². The summed E-state index contributed by atoms with van der Waals surface area (Å²) in [5.74, 6) is 0.548. The minimum atomic E-state index is 0.0624. The van der Waals surface area contributed by atoms with Gasteiger partial charge in [-0.25, -0.2) is 4.68 Å². The van der Waals surface area contributed by atoms with Gasteiger partial charge in [0.25, 0.3) is 0 Å². The molecule has 0 aliphatic rings. The zero-order valence-electron chi connectivity index (χ0n) is 14.2. The Morgan fingerprint density at radius 3 is 2.46 bits per heavy atom. The fourth-order valence-electron chi connectivity index (χ4n) is 2.74. The topological polar surface area (TPSA) is 50.9 Å². The molecule has 1 aromatic heterocycles. The molecule has 1 N–H and O–H groups in total. The Bertz CT molecular complexity index is 791. The minimum absolute atomic E-state index is 0.0624. The van der Waals surface area contributed by atoms with E-state index in [1.807, 2.05) is 35.1 Å². The third-order valence-corrected chi connectivity index (χ3v) is 4.14. The predicted octanol–water partition coefficient (Wildman–Crippen LogP) is 3.53. The van der Waals surface area contributed by atoms with Gasteiger partial charge in [-0.15, -0.1) is 5.10 Å². The van der Waals surface area contributed by atoms with Gasteiger partial charge in [-0.2, -0.15) is 0 Å². The molecule has 0 radical (unpaired) electrons. The number of aliphatic hydroxyl groups is 1. The second-order valence-corrected chi connectivity index (χ2v) is 6.46. The van der Waals surface area contributed by atoms with Crippen molar-refractivity contribution in [1.82, 2.24) is 15.0 Å². The summed E-state index contributed by atoms with van der Waals surface area (Å²) in [6, 6.07) is 16.6. The van der Waals surface area contributed by atoms with Crippen LogP contribution in [0.25, 0.3) is 0 Å². The number of hydrogen-bond donors (Lipinski definition) is 1. The van der Waals surface area contributed by atoms with Gasteiger partial charge in [0.15, 0.2) is 0 Å². The molecule has 3 aromatic rings. The van der Waals surface area contributed by atoms with Gasteiger partial charge in [-0.3, -0.25) is 0 Å². The summed E-state index contributed by atoms with van der Waals surface area (Å²) in [5, 5.41) is 17.7. The lowest BCUT2D eigenvalue weighted by Crippen LogP contribution is -2.00. The van der Waals surface area contributed by atoms with Crippen LogP contribution in [0.3, 0.4) is 0 Å². The van der Waals surface area contributed by atoms with Crippen LogP contribution in [0, 0.1) is 0 Å². The first-order chi connectivity index (χ1) is 11.6. The van der Waals surface area contributed by atoms with Crippen molar-refractivity contribution in [3.63, 3.8) is 0 Å². The van der Waals surface area contributed by atoms with E-state index in [4.69, 9.17) is 0 Å². The van der Waals surface area contributed by atoms with Crippen molar-refractivity contribution in [3.05, 3.63) is 82.7 Å². The highest BCUT2D eigenvalue weighted by Gasteiger charge is 2.05. The summed E-state index contributed by atoms with van der Waals surface area (Å²) in [6.07, 6.45) is 2.71. The van der Waals surface area contributed by atoms with Crippen LogP contribution >= 0.6 is 0 Å². The van der Waals surface area contributed by atoms with Crippen LogP contribution < -0.4 is 0 Å². The molecule has 0 aliphatic carbocycles. The Morgan fingerprint density at radius 1 is 1.00 bits per heavy atom. The molecule has 4 heteroatoms. The molecule has 0 aliphatic heterocycles. The van der Waals surface area contributed by atoms with Crippen molar-refractivity contribution in [2.24, 2.45) is 0 Å². The van der Waals surface area contributed by atoms with E-state index < -0.39 is 0 Å². The molecular weight excluding hydrogens is 298 g/mol. The summed E-state index contributed by atoms with van der Waals surface area (Å²) in [7, 11) is 0. The van der Waals surface area contributed by atoms with E-state index >= 15 is 0 Å². The van der Waals surface area contributed by atoms with E-state index in [1.165, 1.54) is 11.1 Å². The van der Waals surface area contributed by atoms with Crippen LogP contribution in [-0.2, 0) is 19.6 Å². The molecular formula is C20H23N3O. The molecule has 0 spiro atoms. The molecule has 2 aromatic carbocycles. The first-order valence-electron chi connectivity index (χ1n) is 8.30. The summed E-state index contributed by atoms with van der Waals surface area (Å²) in [6.45, 7) is 5.18. The SMILES string of the molecule is CC(C)c1ccc(Cn2cc(Cc3cccc(CO)c3)nn2)cc1. The van der Waals surface area contributed by atoms with Crippen LogP contribution in [0.2, 0.25) is 0 Å². The lowest BCUT2D eigenvalue weighted by atomic mass is 10.0. The van der Waals surface area contributed by atoms with Gasteiger partial charge in [-0.05, 0) is 28.2 Å². The second kappa shape index (κ2) is 7.41. The fraction of sp³-hybridized carbons (Fsp3) is 0.300. The maximum atomic E-state index is 9.22. The maximum Gasteiger partial charge on any atom is 0.0871 e. The van der Waals surface area contributed by atoms with Gasteiger partial charge < -0.3 is 5.11 Å². The monoisotopic (exact) mass is 321 g/mol. The molecule has 0 saturated heterocycles. The van der Waals surface area contributed by atoms with Crippen molar-refractivity contribution in [1.29, 1.82) is 0 Å². The van der Waals surface area contributed by atoms with E-state index in [2.05, 4.69) is 48.4 Å². The summed E-state index contributed by atoms with van der Waals surface area (Å²) in [4.78, 5) is 0. The van der Waals surface area contributed by atoms with Gasteiger partial charge in [0.05, 0.1) is 18.8 Å². The second-order valence-electron chi connectivity index (χ2n) is 6.46. The van der Waals surface area contributed by atoms with E-state index in [9.17, 15) is 5.11 Å². The molecule has 24 heavy (non-hydrogen) atoms. The molecule has 0 amide bonds. The highest BCUT2D eigenvalue weighted by Crippen LogP contribution is 2.15. The maximum absolute atomic E-state index is 9.22. The molecule has 3 rings (SSSR count). The number of nitrogens with zero attached hydrogens (tertiary/aromatic N) is 3. The summed E-state index contributed by atoms with van der Waals surface area (Å²) < 4.78 is 1.87. The van der Waals surface area contributed by atoms with Crippen molar-refractivity contribution < 1.29 is 5.11 Å². The van der Waals surface area contributed by atoms with Crippen LogP contribution in [0.1, 0.15) is 47.7 Å². The standard InChI is InChI=1S/C20H23N3O/c1-15(2)19-8-6-16(7-9-19)12-23-13-20(21-22-23)11-17-4-3-5-18(10-17)14-24/h3-10,13,15,24H,11-12,14H2,1-2H3. The number of aromatic nitrogens is 3. The lowest BCUT2D eigenvalue weighted by molar-refractivity contribution is 0.281. The molecule has 0 bridgehead atoms. The highest BCUT2D eigenvalue weighted by atomic mass is 16.3. The fourth-order valence-corrected chi connectivity index (χ4v) is 2.74. The number of aliphatic hydroxyl groups excluding tert-OH is 1. The Morgan fingerprint density at radius 2 is 1.75 bits per heavy atom. The van der Waals surface area contributed by atoms with Gasteiger partial charge in [0.2, 0.25) is 0 Å². The van der Waals surface area contributed by atoms with Gasteiger partial charge >= 0.3 is 0 Å². The van der Waals surface area contributed by atoms with Crippen molar-refractivity contribution in [3.8, 4) is 0 Å². The molecule has 0 saturated carbocycles. The molecule has 4 nitrogen and oxygen atoms in total. The third kappa shape index (κ3) is 4.09. The van der Waals surface area contributed by atoms with E-state index in [1.54, 1.807) is 0 Å². The molecule has 1 heterocycles. The van der Waals surface area contributed by atoms with E-state index in [0.29, 0.717) is 5.92 Å². The molecule has 124 valence electrons. The molecule has 0 fully saturated rings. The molecule has 0 atom stereocenters. The number of hydrogen-bond acceptors (Lipinski definition) is 3. The van der Waals surface area contributed by atoms with E-state index in [-0.39, 0.29) is 6.61 Å². The normalized spacial score (nSPS) is 11.2. The summed E-state index contributed by atoms with van der Waals surface area (Å²) >= 11 is 0. The smallest absolute Gasteiger partial charge is 0.0871 e. The van der Waals surface area contributed by atoms with E-state index in [0.717, 1.165) is 29.8 Å². The van der Waals surface area contributed by atoms with Crippen LogP contribution in [0.4, 0.5) is 0 Å². The largest absolute Gasteiger partial charge is 0.392 e. The highest BCUT2D eigenvalue weighted by molar-refractivity contribution is 5.27. The number of benzene rings is 2. The van der Waals surface area contributed by atoms with Gasteiger partial charge in [-0.1, -0.05) is 67.6 Å². The van der Waals surface area contributed by atoms with Gasteiger partial charge in [0, 0.05) is 12.6 Å². The predicted molar refractivity (Wildman–Crippen MR) is 94.8 cm³/mol. The average Bonchev–Trinajstić information content (AvgIpc) is 3.02. The quantitative estimate of drug-likeness (QED) is 0.755. The zero-order chi connectivity index (χ0) is 16.9. The van der Waals surface area contributed by atoms with Crippen LogP contribution in [-0.4, -0.2) is 20.1 Å². The zero-order valence-corrected chi connectivity index (χ0v) is 14.2. The lowest BCUT2D eigenvalue weighted by Gasteiger charge is -2.06. The van der Waals surface area contributed by atoms with Crippen LogP contribution in [0.5, 0.6) is 0 Å². The van der Waals surface area contributed by atoms with Crippen LogP contribution in [0.15, 0.2) is 54.7 Å². The Balaban J connectivity index is 1.66. The average molecular weight is 321 g/mol. The third-order valence-electron chi connectivity index (χ3n) is 4.14.